The number of hydrogen-bond acceptors (Lipinski definition) is 3. The minimum absolute atomic E-state index is 0.0646. The molecule has 0 unspecified atom stereocenters. The maximum absolute atomic E-state index is 11.7. The molecule has 2 aromatic rings. The summed E-state index contributed by atoms with van der Waals surface area (Å²) in [4.78, 5) is 12.4. The van der Waals surface area contributed by atoms with Crippen molar-refractivity contribution in [1.82, 2.24) is 0 Å². The summed E-state index contributed by atoms with van der Waals surface area (Å²) in [6, 6.07) is 3.75. The number of carbonyl (C=O) groups is 1. The van der Waals surface area contributed by atoms with E-state index in [1.165, 1.54) is 11.3 Å². The van der Waals surface area contributed by atoms with Crippen molar-refractivity contribution in [3.8, 4) is 0 Å². The van der Waals surface area contributed by atoms with E-state index in [1.54, 1.807) is 11.3 Å². The Morgan fingerprint density at radius 3 is 2.79 bits per heavy atom. The standard InChI is InChI=1S/C9H6BrNOS2/c10-7-2-4-14-8(7)9(12)11-6-1-3-13-5-6/h1-5H,(H,11,12). The summed E-state index contributed by atoms with van der Waals surface area (Å²) in [5.41, 5.74) is 0.848. The molecule has 1 amide bonds. The van der Waals surface area contributed by atoms with Crippen LogP contribution in [0, 0.1) is 0 Å². The number of anilines is 1. The van der Waals surface area contributed by atoms with E-state index in [1.807, 2.05) is 28.3 Å². The van der Waals surface area contributed by atoms with Gasteiger partial charge in [0.05, 0.1) is 5.69 Å². The highest BCUT2D eigenvalue weighted by molar-refractivity contribution is 9.10. The van der Waals surface area contributed by atoms with E-state index in [0.29, 0.717) is 4.88 Å². The third-order valence-corrected chi connectivity index (χ3v) is 4.12. The number of hydrogen-bond donors (Lipinski definition) is 1. The Kier molecular flexibility index (Phi) is 3.00. The van der Waals surface area contributed by atoms with Crippen LogP contribution < -0.4 is 5.32 Å². The van der Waals surface area contributed by atoms with Crippen LogP contribution in [0.1, 0.15) is 9.67 Å². The Morgan fingerprint density at radius 1 is 1.36 bits per heavy atom. The molecule has 0 fully saturated rings. The maximum atomic E-state index is 11.7. The summed E-state index contributed by atoms with van der Waals surface area (Å²) in [5.74, 6) is -0.0646. The van der Waals surface area contributed by atoms with Gasteiger partial charge in [-0.05, 0) is 38.8 Å². The summed E-state index contributed by atoms with van der Waals surface area (Å²) in [6.07, 6.45) is 0. The van der Waals surface area contributed by atoms with Crippen molar-refractivity contribution in [2.75, 3.05) is 5.32 Å². The largest absolute Gasteiger partial charge is 0.320 e. The second-order valence-corrected chi connectivity index (χ2v) is 5.11. The molecule has 2 aromatic heterocycles. The molecule has 2 nitrogen and oxygen atoms in total. The molecule has 14 heavy (non-hydrogen) atoms. The number of carbonyl (C=O) groups excluding carboxylic acids is 1. The van der Waals surface area contributed by atoms with E-state index < -0.39 is 0 Å². The van der Waals surface area contributed by atoms with Crippen LogP contribution in [0.15, 0.2) is 32.7 Å². The summed E-state index contributed by atoms with van der Waals surface area (Å²) < 4.78 is 0.843. The number of rotatable bonds is 2. The van der Waals surface area contributed by atoms with Crippen LogP contribution in [0.4, 0.5) is 5.69 Å². The molecule has 0 spiro atoms. The molecule has 2 rings (SSSR count). The Bertz CT molecular complexity index is 435. The van der Waals surface area contributed by atoms with Gasteiger partial charge in [0, 0.05) is 9.85 Å². The van der Waals surface area contributed by atoms with Crippen molar-refractivity contribution < 1.29 is 4.79 Å². The Labute approximate surface area is 97.7 Å². The molecule has 5 heteroatoms. The highest BCUT2D eigenvalue weighted by Crippen LogP contribution is 2.24. The van der Waals surface area contributed by atoms with Gasteiger partial charge >= 0.3 is 0 Å². The van der Waals surface area contributed by atoms with Crippen LogP contribution in [-0.4, -0.2) is 5.91 Å². The summed E-state index contributed by atoms with van der Waals surface area (Å²) in [7, 11) is 0. The fourth-order valence-corrected chi connectivity index (χ4v) is 3.01. The number of halogens is 1. The maximum Gasteiger partial charge on any atom is 0.266 e. The topological polar surface area (TPSA) is 29.1 Å². The average Bonchev–Trinajstić information content (AvgIpc) is 2.75. The SMILES string of the molecule is O=C(Nc1ccsc1)c1sccc1Br. The molecule has 0 atom stereocenters. The fourth-order valence-electron chi connectivity index (χ4n) is 0.979. The van der Waals surface area contributed by atoms with Gasteiger partial charge in [-0.2, -0.15) is 11.3 Å². The van der Waals surface area contributed by atoms with Crippen LogP contribution in [0.25, 0.3) is 0 Å². The van der Waals surface area contributed by atoms with Gasteiger partial charge in [0.25, 0.3) is 5.91 Å². The molecule has 0 saturated heterocycles. The first-order valence-electron chi connectivity index (χ1n) is 3.84. The van der Waals surface area contributed by atoms with Crippen molar-refractivity contribution in [1.29, 1.82) is 0 Å². The van der Waals surface area contributed by atoms with E-state index in [9.17, 15) is 4.79 Å². The predicted molar refractivity (Wildman–Crippen MR) is 64.3 cm³/mol. The lowest BCUT2D eigenvalue weighted by Crippen LogP contribution is -2.09. The lowest BCUT2D eigenvalue weighted by molar-refractivity contribution is 0.103. The molecule has 2 heterocycles. The Balaban J connectivity index is 2.14. The van der Waals surface area contributed by atoms with Crippen molar-refractivity contribution in [3.05, 3.63) is 37.6 Å². The normalized spacial score (nSPS) is 10.1. The second-order valence-electron chi connectivity index (χ2n) is 2.56. The van der Waals surface area contributed by atoms with Gasteiger partial charge in [-0.3, -0.25) is 4.79 Å². The highest BCUT2D eigenvalue weighted by Gasteiger charge is 2.11. The first-order chi connectivity index (χ1) is 6.77. The number of thiophene rings is 2. The summed E-state index contributed by atoms with van der Waals surface area (Å²) >= 11 is 6.31. The molecular weight excluding hydrogens is 282 g/mol. The van der Waals surface area contributed by atoms with Gasteiger partial charge in [-0.25, -0.2) is 0 Å². The summed E-state index contributed by atoms with van der Waals surface area (Å²) in [5, 5.41) is 8.53. The first kappa shape index (κ1) is 9.89. The molecule has 0 aromatic carbocycles. The first-order valence-corrected chi connectivity index (χ1v) is 6.45. The van der Waals surface area contributed by atoms with Crippen LogP contribution in [0.2, 0.25) is 0 Å². The molecule has 0 saturated carbocycles. The van der Waals surface area contributed by atoms with Gasteiger partial charge in [0.2, 0.25) is 0 Å². The molecule has 0 aliphatic carbocycles. The number of nitrogens with one attached hydrogen (secondary N) is 1. The molecular formula is C9H6BrNOS2. The fraction of sp³-hybridized carbons (Fsp3) is 0. The van der Waals surface area contributed by atoms with Crippen LogP contribution in [0.5, 0.6) is 0 Å². The third-order valence-electron chi connectivity index (χ3n) is 1.60. The van der Waals surface area contributed by atoms with Crippen molar-refractivity contribution in [2.45, 2.75) is 0 Å². The highest BCUT2D eigenvalue weighted by atomic mass is 79.9. The minimum atomic E-state index is -0.0646. The molecule has 0 bridgehead atoms. The average molecular weight is 288 g/mol. The lowest BCUT2D eigenvalue weighted by Gasteiger charge is -1.99. The van der Waals surface area contributed by atoms with Crippen LogP contribution in [0.3, 0.4) is 0 Å². The van der Waals surface area contributed by atoms with Crippen LogP contribution >= 0.6 is 38.6 Å². The Hall–Kier alpha value is -0.650. The Morgan fingerprint density at radius 2 is 2.21 bits per heavy atom. The van der Waals surface area contributed by atoms with E-state index in [4.69, 9.17) is 0 Å². The third kappa shape index (κ3) is 2.05. The zero-order valence-corrected chi connectivity index (χ0v) is 10.2. The van der Waals surface area contributed by atoms with Crippen LogP contribution in [-0.2, 0) is 0 Å². The minimum Gasteiger partial charge on any atom is -0.320 e. The van der Waals surface area contributed by atoms with Crippen molar-refractivity contribution in [2.24, 2.45) is 0 Å². The van der Waals surface area contributed by atoms with Gasteiger partial charge in [0.1, 0.15) is 4.88 Å². The smallest absolute Gasteiger partial charge is 0.266 e. The van der Waals surface area contributed by atoms with Crippen molar-refractivity contribution >= 4 is 50.2 Å². The van der Waals surface area contributed by atoms with Crippen molar-refractivity contribution in [3.63, 3.8) is 0 Å². The second kappa shape index (κ2) is 4.25. The molecule has 1 N–H and O–H groups in total. The van der Waals surface area contributed by atoms with E-state index in [-0.39, 0.29) is 5.91 Å². The van der Waals surface area contributed by atoms with Gasteiger partial charge in [0.15, 0.2) is 0 Å². The van der Waals surface area contributed by atoms with Gasteiger partial charge < -0.3 is 5.32 Å². The van der Waals surface area contributed by atoms with E-state index >= 15 is 0 Å². The lowest BCUT2D eigenvalue weighted by atomic mass is 10.4. The molecule has 72 valence electrons. The quantitative estimate of drug-likeness (QED) is 0.894. The van der Waals surface area contributed by atoms with Gasteiger partial charge in [-0.1, -0.05) is 0 Å². The van der Waals surface area contributed by atoms with Gasteiger partial charge in [-0.15, -0.1) is 11.3 Å². The molecule has 0 radical (unpaired) electrons. The zero-order chi connectivity index (χ0) is 9.97. The van der Waals surface area contributed by atoms with E-state index in [2.05, 4.69) is 21.2 Å². The monoisotopic (exact) mass is 287 g/mol. The van der Waals surface area contributed by atoms with E-state index in [0.717, 1.165) is 10.2 Å². The molecule has 0 aliphatic rings. The summed E-state index contributed by atoms with van der Waals surface area (Å²) in [6.45, 7) is 0. The zero-order valence-electron chi connectivity index (χ0n) is 6.99. The number of amides is 1. The predicted octanol–water partition coefficient (Wildman–Crippen LogP) is 3.82. The molecule has 0 aliphatic heterocycles.